The van der Waals surface area contributed by atoms with Crippen molar-refractivity contribution >= 4 is 15.9 Å². The van der Waals surface area contributed by atoms with E-state index in [9.17, 15) is 0 Å². The van der Waals surface area contributed by atoms with Crippen molar-refractivity contribution in [2.24, 2.45) is 0 Å². The van der Waals surface area contributed by atoms with Crippen LogP contribution in [-0.2, 0) is 12.8 Å². The van der Waals surface area contributed by atoms with Gasteiger partial charge in [0.25, 0.3) is 0 Å². The van der Waals surface area contributed by atoms with Gasteiger partial charge in [0.05, 0.1) is 11.6 Å². The van der Waals surface area contributed by atoms with Gasteiger partial charge in [0.15, 0.2) is 0 Å². The van der Waals surface area contributed by atoms with E-state index in [0.717, 1.165) is 29.6 Å². The number of halogens is 1. The molecule has 94 valence electrons. The lowest BCUT2D eigenvalue weighted by Gasteiger charge is -2.16. The van der Waals surface area contributed by atoms with Crippen molar-refractivity contribution in [2.75, 3.05) is 13.7 Å². The summed E-state index contributed by atoms with van der Waals surface area (Å²) in [6.45, 7) is 3.34. The molecule has 2 rings (SSSR count). The monoisotopic (exact) mass is 297 g/mol. The molecule has 17 heavy (non-hydrogen) atoms. The van der Waals surface area contributed by atoms with E-state index in [4.69, 9.17) is 4.74 Å². The van der Waals surface area contributed by atoms with Gasteiger partial charge in [0, 0.05) is 6.04 Å². The van der Waals surface area contributed by atoms with Crippen LogP contribution in [0, 0.1) is 0 Å². The van der Waals surface area contributed by atoms with E-state index < -0.39 is 0 Å². The second-order valence-corrected chi connectivity index (χ2v) is 5.48. The van der Waals surface area contributed by atoms with Gasteiger partial charge in [0.2, 0.25) is 0 Å². The number of rotatable bonds is 4. The Balaban J connectivity index is 2.25. The fourth-order valence-corrected chi connectivity index (χ4v) is 3.20. The minimum Gasteiger partial charge on any atom is -0.495 e. The maximum absolute atomic E-state index is 5.51. The van der Waals surface area contributed by atoms with Crippen LogP contribution < -0.4 is 10.1 Å². The van der Waals surface area contributed by atoms with Gasteiger partial charge in [-0.05, 0) is 65.4 Å². The van der Waals surface area contributed by atoms with E-state index in [-0.39, 0.29) is 0 Å². The normalized spacial score (nSPS) is 19.6. The van der Waals surface area contributed by atoms with E-state index in [1.165, 1.54) is 24.0 Å². The fraction of sp³-hybridized carbons (Fsp3) is 0.571. The van der Waals surface area contributed by atoms with Crippen molar-refractivity contribution in [2.45, 2.75) is 38.6 Å². The first-order chi connectivity index (χ1) is 8.24. The molecule has 1 aromatic carbocycles. The molecular weight excluding hydrogens is 278 g/mol. The van der Waals surface area contributed by atoms with Crippen LogP contribution in [0.3, 0.4) is 0 Å². The Kier molecular flexibility index (Phi) is 4.46. The lowest BCUT2D eigenvalue weighted by atomic mass is 10.0. The zero-order valence-corrected chi connectivity index (χ0v) is 12.1. The van der Waals surface area contributed by atoms with Crippen LogP contribution in [-0.4, -0.2) is 19.7 Å². The van der Waals surface area contributed by atoms with Crippen LogP contribution in [0.4, 0.5) is 0 Å². The predicted molar refractivity (Wildman–Crippen MR) is 74.8 cm³/mol. The molecule has 1 N–H and O–H groups in total. The summed E-state index contributed by atoms with van der Waals surface area (Å²) in [5.41, 5.74) is 2.68. The third-order valence-corrected chi connectivity index (χ3v) is 4.01. The van der Waals surface area contributed by atoms with Gasteiger partial charge in [-0.15, -0.1) is 0 Å². The highest BCUT2D eigenvalue weighted by molar-refractivity contribution is 9.10. The van der Waals surface area contributed by atoms with Crippen molar-refractivity contribution in [3.05, 3.63) is 27.7 Å². The average molecular weight is 298 g/mol. The van der Waals surface area contributed by atoms with E-state index in [1.54, 1.807) is 7.11 Å². The minimum atomic E-state index is 0.614. The molecule has 1 saturated heterocycles. The van der Waals surface area contributed by atoms with Gasteiger partial charge in [-0.25, -0.2) is 0 Å². The number of aryl methyl sites for hydroxylation is 1. The van der Waals surface area contributed by atoms with E-state index in [2.05, 4.69) is 40.3 Å². The second kappa shape index (κ2) is 5.87. The van der Waals surface area contributed by atoms with Crippen molar-refractivity contribution < 1.29 is 4.74 Å². The molecule has 0 bridgehead atoms. The molecule has 0 saturated carbocycles. The van der Waals surface area contributed by atoms with Crippen LogP contribution in [0.15, 0.2) is 16.6 Å². The molecule has 2 nitrogen and oxygen atoms in total. The summed E-state index contributed by atoms with van der Waals surface area (Å²) in [7, 11) is 1.75. The van der Waals surface area contributed by atoms with Crippen LogP contribution in [0.5, 0.6) is 5.75 Å². The summed E-state index contributed by atoms with van der Waals surface area (Å²) < 4.78 is 6.59. The molecule has 1 unspecified atom stereocenters. The van der Waals surface area contributed by atoms with Crippen molar-refractivity contribution in [3.8, 4) is 5.75 Å². The molecule has 1 atom stereocenters. The summed E-state index contributed by atoms with van der Waals surface area (Å²) in [5, 5.41) is 3.54. The number of methoxy groups -OCH3 is 1. The first kappa shape index (κ1) is 12.9. The standard InChI is InChI=1S/C14H20BrNO/c1-3-10-7-11(9-12-5-4-6-16-12)14(17-2)13(15)8-10/h7-8,12,16H,3-6,9H2,1-2H3. The largest absolute Gasteiger partial charge is 0.495 e. The zero-order chi connectivity index (χ0) is 12.3. The number of benzene rings is 1. The van der Waals surface area contributed by atoms with Gasteiger partial charge >= 0.3 is 0 Å². The first-order valence-electron chi connectivity index (χ1n) is 6.33. The third-order valence-electron chi connectivity index (χ3n) is 3.42. The molecule has 0 aliphatic carbocycles. The lowest BCUT2D eigenvalue weighted by molar-refractivity contribution is 0.404. The van der Waals surface area contributed by atoms with E-state index >= 15 is 0 Å². The van der Waals surface area contributed by atoms with Gasteiger partial charge < -0.3 is 10.1 Å². The highest BCUT2D eigenvalue weighted by Gasteiger charge is 2.18. The molecule has 0 amide bonds. The number of ether oxygens (including phenoxy) is 1. The summed E-state index contributed by atoms with van der Waals surface area (Å²) >= 11 is 3.60. The molecule has 1 fully saturated rings. The van der Waals surface area contributed by atoms with Crippen molar-refractivity contribution in [3.63, 3.8) is 0 Å². The highest BCUT2D eigenvalue weighted by Crippen LogP contribution is 2.32. The Morgan fingerprint density at radius 3 is 2.88 bits per heavy atom. The molecule has 1 aliphatic heterocycles. The van der Waals surface area contributed by atoms with Crippen LogP contribution in [0.2, 0.25) is 0 Å². The van der Waals surface area contributed by atoms with Crippen LogP contribution in [0.25, 0.3) is 0 Å². The van der Waals surface area contributed by atoms with Crippen LogP contribution >= 0.6 is 15.9 Å². The molecular formula is C14H20BrNO. The van der Waals surface area contributed by atoms with Crippen molar-refractivity contribution in [1.29, 1.82) is 0 Å². The van der Waals surface area contributed by atoms with E-state index in [1.807, 2.05) is 0 Å². The maximum Gasteiger partial charge on any atom is 0.136 e. The SMILES string of the molecule is CCc1cc(Br)c(OC)c(CC2CCCN2)c1. The summed E-state index contributed by atoms with van der Waals surface area (Å²) in [5.74, 6) is 0.996. The Labute approximate surface area is 112 Å². The molecule has 1 heterocycles. The van der Waals surface area contributed by atoms with Gasteiger partial charge in [-0.2, -0.15) is 0 Å². The first-order valence-corrected chi connectivity index (χ1v) is 7.12. The summed E-state index contributed by atoms with van der Waals surface area (Å²) in [6.07, 6.45) is 4.70. The molecule has 0 spiro atoms. The van der Waals surface area contributed by atoms with Gasteiger partial charge in [-0.1, -0.05) is 13.0 Å². The van der Waals surface area contributed by atoms with E-state index in [0.29, 0.717) is 6.04 Å². The average Bonchev–Trinajstić information content (AvgIpc) is 2.81. The Morgan fingerprint density at radius 1 is 1.47 bits per heavy atom. The smallest absolute Gasteiger partial charge is 0.136 e. The molecule has 0 aromatic heterocycles. The minimum absolute atomic E-state index is 0.614. The molecule has 1 aromatic rings. The second-order valence-electron chi connectivity index (χ2n) is 4.62. The molecule has 0 radical (unpaired) electrons. The number of hydrogen-bond donors (Lipinski definition) is 1. The van der Waals surface area contributed by atoms with Gasteiger partial charge in [-0.3, -0.25) is 0 Å². The quantitative estimate of drug-likeness (QED) is 0.921. The fourth-order valence-electron chi connectivity index (χ4n) is 2.49. The Morgan fingerprint density at radius 2 is 2.29 bits per heavy atom. The number of nitrogens with one attached hydrogen (secondary N) is 1. The van der Waals surface area contributed by atoms with Crippen LogP contribution in [0.1, 0.15) is 30.9 Å². The maximum atomic E-state index is 5.51. The molecule has 3 heteroatoms. The summed E-state index contributed by atoms with van der Waals surface area (Å²) in [4.78, 5) is 0. The third kappa shape index (κ3) is 3.02. The van der Waals surface area contributed by atoms with Gasteiger partial charge in [0.1, 0.15) is 5.75 Å². The topological polar surface area (TPSA) is 21.3 Å². The summed E-state index contributed by atoms with van der Waals surface area (Å²) in [6, 6.07) is 5.05. The lowest BCUT2D eigenvalue weighted by Crippen LogP contribution is -2.24. The Hall–Kier alpha value is -0.540. The Bertz CT molecular complexity index is 386. The zero-order valence-electron chi connectivity index (χ0n) is 10.6. The van der Waals surface area contributed by atoms with Crippen molar-refractivity contribution in [1.82, 2.24) is 5.32 Å². The highest BCUT2D eigenvalue weighted by atomic mass is 79.9. The predicted octanol–water partition coefficient (Wildman–Crippen LogP) is 3.31. The molecule has 1 aliphatic rings. The number of hydrogen-bond acceptors (Lipinski definition) is 2.